The molecule has 1 aliphatic rings. The fourth-order valence-electron chi connectivity index (χ4n) is 3.77. The van der Waals surface area contributed by atoms with Gasteiger partial charge < -0.3 is 0 Å². The van der Waals surface area contributed by atoms with Gasteiger partial charge in [-0.15, -0.1) is 0 Å². The van der Waals surface area contributed by atoms with Gasteiger partial charge in [0.1, 0.15) is 5.82 Å². The summed E-state index contributed by atoms with van der Waals surface area (Å²) >= 11 is 0. The van der Waals surface area contributed by atoms with Crippen LogP contribution in [0.15, 0.2) is 18.2 Å². The summed E-state index contributed by atoms with van der Waals surface area (Å²) in [7, 11) is 0. The van der Waals surface area contributed by atoms with Gasteiger partial charge in [0.2, 0.25) is 0 Å². The molecule has 1 unspecified atom stereocenters. The first-order valence-electron chi connectivity index (χ1n) is 8.36. The summed E-state index contributed by atoms with van der Waals surface area (Å²) in [5, 5.41) is 0. The molecular formula is C19H29F. The summed E-state index contributed by atoms with van der Waals surface area (Å²) in [5.41, 5.74) is 1.98. The third-order valence-electron chi connectivity index (χ3n) is 5.03. The Kier molecular flexibility index (Phi) is 5.63. The molecule has 1 aromatic carbocycles. The fraction of sp³-hybridized carbons (Fsp3) is 0.684. The van der Waals surface area contributed by atoms with Crippen LogP contribution in [0.1, 0.15) is 75.8 Å². The molecule has 0 aliphatic heterocycles. The third kappa shape index (κ3) is 4.07. The van der Waals surface area contributed by atoms with Crippen LogP contribution in [0, 0.1) is 24.6 Å². The molecule has 0 aromatic heterocycles. The lowest BCUT2D eigenvalue weighted by Crippen LogP contribution is -2.16. The van der Waals surface area contributed by atoms with Crippen LogP contribution in [-0.4, -0.2) is 0 Å². The second-order valence-corrected chi connectivity index (χ2v) is 6.86. The Hall–Kier alpha value is -0.850. The molecule has 112 valence electrons. The quantitative estimate of drug-likeness (QED) is 0.597. The van der Waals surface area contributed by atoms with Gasteiger partial charge in [0, 0.05) is 0 Å². The van der Waals surface area contributed by atoms with Gasteiger partial charge in [0.15, 0.2) is 0 Å². The van der Waals surface area contributed by atoms with Crippen LogP contribution >= 0.6 is 0 Å². The first-order chi connectivity index (χ1) is 9.60. The third-order valence-corrected chi connectivity index (χ3v) is 5.03. The van der Waals surface area contributed by atoms with E-state index in [0.29, 0.717) is 5.92 Å². The van der Waals surface area contributed by atoms with Crippen molar-refractivity contribution >= 4 is 0 Å². The van der Waals surface area contributed by atoms with E-state index in [9.17, 15) is 4.39 Å². The Labute approximate surface area is 123 Å². The van der Waals surface area contributed by atoms with E-state index in [0.717, 1.165) is 17.4 Å². The first kappa shape index (κ1) is 15.5. The molecule has 0 radical (unpaired) electrons. The number of benzene rings is 1. The molecule has 0 bridgehead atoms. The molecule has 2 rings (SSSR count). The molecule has 1 aliphatic carbocycles. The van der Waals surface area contributed by atoms with Crippen LogP contribution in [0.2, 0.25) is 0 Å². The minimum atomic E-state index is -0.0406. The number of hydrogen-bond acceptors (Lipinski definition) is 0. The zero-order valence-electron chi connectivity index (χ0n) is 13.3. The Morgan fingerprint density at radius 2 is 1.90 bits per heavy atom. The lowest BCUT2D eigenvalue weighted by molar-refractivity contribution is 0.269. The van der Waals surface area contributed by atoms with Crippen molar-refractivity contribution in [1.82, 2.24) is 0 Å². The van der Waals surface area contributed by atoms with Gasteiger partial charge in [0.05, 0.1) is 0 Å². The monoisotopic (exact) mass is 276 g/mol. The summed E-state index contributed by atoms with van der Waals surface area (Å²) in [4.78, 5) is 0. The van der Waals surface area contributed by atoms with Gasteiger partial charge in [-0.1, -0.05) is 38.8 Å². The number of aryl methyl sites for hydroxylation is 1. The molecule has 0 N–H and O–H groups in total. The SMILES string of the molecule is CCCC(C)CC1CCC(c2ccc(C)c(F)c2)CC1. The first-order valence-corrected chi connectivity index (χ1v) is 8.36. The number of hydrogen-bond donors (Lipinski definition) is 0. The van der Waals surface area contributed by atoms with Crippen LogP contribution in [0.4, 0.5) is 4.39 Å². The summed E-state index contributed by atoms with van der Waals surface area (Å²) in [6.07, 6.45) is 9.20. The van der Waals surface area contributed by atoms with Gasteiger partial charge in [0.25, 0.3) is 0 Å². The Balaban J connectivity index is 1.86. The Morgan fingerprint density at radius 1 is 1.20 bits per heavy atom. The van der Waals surface area contributed by atoms with E-state index in [1.165, 1.54) is 50.5 Å². The van der Waals surface area contributed by atoms with Crippen molar-refractivity contribution in [2.24, 2.45) is 11.8 Å². The predicted molar refractivity (Wildman–Crippen MR) is 84.5 cm³/mol. The molecule has 1 aromatic rings. The largest absolute Gasteiger partial charge is 0.207 e. The minimum absolute atomic E-state index is 0.0406. The second kappa shape index (κ2) is 7.24. The van der Waals surface area contributed by atoms with E-state index < -0.39 is 0 Å². The average Bonchev–Trinajstić information content (AvgIpc) is 2.43. The zero-order valence-corrected chi connectivity index (χ0v) is 13.3. The lowest BCUT2D eigenvalue weighted by Gasteiger charge is -2.30. The molecule has 1 atom stereocenters. The van der Waals surface area contributed by atoms with Crippen molar-refractivity contribution in [3.8, 4) is 0 Å². The summed E-state index contributed by atoms with van der Waals surface area (Å²) in [6.45, 7) is 6.51. The highest BCUT2D eigenvalue weighted by Gasteiger charge is 2.23. The predicted octanol–water partition coefficient (Wildman–Crippen LogP) is 6.23. The highest BCUT2D eigenvalue weighted by atomic mass is 19.1. The van der Waals surface area contributed by atoms with E-state index in [1.807, 2.05) is 13.0 Å². The smallest absolute Gasteiger partial charge is 0.126 e. The van der Waals surface area contributed by atoms with E-state index in [-0.39, 0.29) is 5.82 Å². The highest BCUT2D eigenvalue weighted by molar-refractivity contribution is 5.26. The second-order valence-electron chi connectivity index (χ2n) is 6.86. The standard InChI is InChI=1S/C19H29F/c1-4-5-14(2)12-16-7-10-17(11-8-16)18-9-6-15(3)19(20)13-18/h6,9,13-14,16-17H,4-5,7-8,10-12H2,1-3H3. The zero-order chi connectivity index (χ0) is 14.5. The van der Waals surface area contributed by atoms with Crippen molar-refractivity contribution in [2.45, 2.75) is 71.6 Å². The van der Waals surface area contributed by atoms with Crippen LogP contribution < -0.4 is 0 Å². The minimum Gasteiger partial charge on any atom is -0.207 e. The molecule has 0 nitrogen and oxygen atoms in total. The van der Waals surface area contributed by atoms with Crippen LogP contribution in [0.3, 0.4) is 0 Å². The van der Waals surface area contributed by atoms with Crippen molar-refractivity contribution in [3.63, 3.8) is 0 Å². The summed E-state index contributed by atoms with van der Waals surface area (Å²) in [5.74, 6) is 2.32. The van der Waals surface area contributed by atoms with E-state index in [4.69, 9.17) is 0 Å². The molecule has 1 heteroatoms. The topological polar surface area (TPSA) is 0 Å². The van der Waals surface area contributed by atoms with E-state index in [2.05, 4.69) is 19.9 Å². The number of rotatable bonds is 5. The average molecular weight is 276 g/mol. The van der Waals surface area contributed by atoms with E-state index >= 15 is 0 Å². The van der Waals surface area contributed by atoms with Crippen LogP contribution in [0.5, 0.6) is 0 Å². The molecule has 0 saturated heterocycles. The maximum absolute atomic E-state index is 13.7. The summed E-state index contributed by atoms with van der Waals surface area (Å²) < 4.78 is 13.7. The molecule has 0 spiro atoms. The van der Waals surface area contributed by atoms with E-state index in [1.54, 1.807) is 6.07 Å². The van der Waals surface area contributed by atoms with Crippen molar-refractivity contribution in [1.29, 1.82) is 0 Å². The van der Waals surface area contributed by atoms with Gasteiger partial charge in [-0.3, -0.25) is 0 Å². The van der Waals surface area contributed by atoms with Gasteiger partial charge in [-0.25, -0.2) is 4.39 Å². The molecule has 1 fully saturated rings. The Bertz CT molecular complexity index is 416. The molecule has 0 amide bonds. The van der Waals surface area contributed by atoms with Gasteiger partial charge >= 0.3 is 0 Å². The molecule has 1 saturated carbocycles. The van der Waals surface area contributed by atoms with Crippen molar-refractivity contribution in [3.05, 3.63) is 35.1 Å². The normalized spacial score (nSPS) is 24.6. The van der Waals surface area contributed by atoms with Crippen LogP contribution in [0.25, 0.3) is 0 Å². The van der Waals surface area contributed by atoms with Gasteiger partial charge in [-0.05, 0) is 74.0 Å². The van der Waals surface area contributed by atoms with Gasteiger partial charge in [-0.2, -0.15) is 0 Å². The maximum atomic E-state index is 13.7. The highest BCUT2D eigenvalue weighted by Crippen LogP contribution is 2.38. The summed E-state index contributed by atoms with van der Waals surface area (Å²) in [6, 6.07) is 5.82. The molecule has 0 heterocycles. The Morgan fingerprint density at radius 3 is 2.50 bits per heavy atom. The molecular weight excluding hydrogens is 247 g/mol. The maximum Gasteiger partial charge on any atom is 0.126 e. The van der Waals surface area contributed by atoms with Crippen molar-refractivity contribution < 1.29 is 4.39 Å². The van der Waals surface area contributed by atoms with Crippen molar-refractivity contribution in [2.75, 3.05) is 0 Å². The lowest BCUT2D eigenvalue weighted by atomic mass is 9.75. The fourth-order valence-corrected chi connectivity index (χ4v) is 3.77. The number of halogens is 1. The molecule has 20 heavy (non-hydrogen) atoms. The van der Waals surface area contributed by atoms with Crippen LogP contribution in [-0.2, 0) is 0 Å².